The molecule has 0 atom stereocenters. The molecule has 0 aliphatic carbocycles. The van der Waals surface area contributed by atoms with E-state index in [2.05, 4.69) is 15.5 Å². The molecule has 1 aromatic carbocycles. The molecule has 1 N–H and O–H groups in total. The van der Waals surface area contributed by atoms with Crippen LogP contribution in [-0.4, -0.2) is 22.6 Å². The predicted octanol–water partition coefficient (Wildman–Crippen LogP) is 2.70. The number of rotatable bonds is 6. The fourth-order valence-electron chi connectivity index (χ4n) is 2.02. The molecule has 0 radical (unpaired) electrons. The van der Waals surface area contributed by atoms with Crippen molar-refractivity contribution in [3.8, 4) is 11.5 Å². The second-order valence-corrected chi connectivity index (χ2v) is 5.56. The van der Waals surface area contributed by atoms with Crippen LogP contribution in [0.25, 0.3) is 11.5 Å². The molecular formula is C16H15N3O2S. The van der Waals surface area contributed by atoms with Crippen LogP contribution in [0.5, 0.6) is 0 Å². The number of nitrogens with zero attached hydrogens (tertiary/aromatic N) is 2. The fraction of sp³-hybridized carbons (Fsp3) is 0.188. The Labute approximate surface area is 132 Å². The van der Waals surface area contributed by atoms with Gasteiger partial charge in [0.15, 0.2) is 0 Å². The van der Waals surface area contributed by atoms with Crippen LogP contribution < -0.4 is 5.32 Å². The van der Waals surface area contributed by atoms with Crippen LogP contribution >= 0.6 is 11.3 Å². The number of nitrogens with one attached hydrogen (secondary N) is 1. The molecule has 0 fully saturated rings. The molecule has 0 unspecified atom stereocenters. The summed E-state index contributed by atoms with van der Waals surface area (Å²) in [6.07, 6.45) is 0.905. The van der Waals surface area contributed by atoms with Crippen molar-refractivity contribution in [3.05, 3.63) is 58.6 Å². The van der Waals surface area contributed by atoms with E-state index in [1.54, 1.807) is 11.3 Å². The van der Waals surface area contributed by atoms with Crippen LogP contribution in [-0.2, 0) is 17.6 Å². The van der Waals surface area contributed by atoms with E-state index >= 15 is 0 Å². The van der Waals surface area contributed by atoms with Gasteiger partial charge in [-0.1, -0.05) is 30.3 Å². The van der Waals surface area contributed by atoms with Gasteiger partial charge in [0.05, 0.1) is 0 Å². The van der Waals surface area contributed by atoms with Gasteiger partial charge in [0.1, 0.15) is 6.42 Å². The lowest BCUT2D eigenvalue weighted by Gasteiger charge is -2.03. The van der Waals surface area contributed by atoms with Crippen LogP contribution in [0.1, 0.15) is 11.5 Å². The van der Waals surface area contributed by atoms with Crippen molar-refractivity contribution in [2.75, 3.05) is 6.54 Å². The Bertz CT molecular complexity index is 723. The van der Waals surface area contributed by atoms with Crippen molar-refractivity contribution >= 4 is 17.2 Å². The van der Waals surface area contributed by atoms with E-state index in [1.165, 1.54) is 5.56 Å². The summed E-state index contributed by atoms with van der Waals surface area (Å²) in [5, 5.41) is 14.6. The van der Waals surface area contributed by atoms with Crippen molar-refractivity contribution in [2.24, 2.45) is 0 Å². The molecule has 2 aromatic heterocycles. The van der Waals surface area contributed by atoms with Gasteiger partial charge < -0.3 is 9.73 Å². The molecule has 22 heavy (non-hydrogen) atoms. The minimum absolute atomic E-state index is 0.103. The van der Waals surface area contributed by atoms with Crippen molar-refractivity contribution < 1.29 is 9.21 Å². The van der Waals surface area contributed by atoms with Crippen LogP contribution in [0.3, 0.4) is 0 Å². The molecule has 0 aliphatic heterocycles. The molecule has 6 heteroatoms. The second-order valence-electron chi connectivity index (χ2n) is 4.78. The van der Waals surface area contributed by atoms with Gasteiger partial charge in [0.25, 0.3) is 0 Å². The minimum atomic E-state index is -0.114. The topological polar surface area (TPSA) is 68.0 Å². The summed E-state index contributed by atoms with van der Waals surface area (Å²) in [6, 6.07) is 11.9. The first-order valence-corrected chi connectivity index (χ1v) is 7.91. The van der Waals surface area contributed by atoms with Crippen LogP contribution in [0.2, 0.25) is 0 Å². The van der Waals surface area contributed by atoms with E-state index < -0.39 is 0 Å². The number of carbonyl (C=O) groups is 1. The molecule has 2 heterocycles. The van der Waals surface area contributed by atoms with Crippen molar-refractivity contribution in [3.63, 3.8) is 0 Å². The average Bonchev–Trinajstić information content (AvgIpc) is 3.19. The normalized spacial score (nSPS) is 10.5. The third-order valence-corrected chi connectivity index (χ3v) is 3.81. The number of thiophene rings is 1. The highest BCUT2D eigenvalue weighted by Gasteiger charge is 2.12. The fourth-order valence-corrected chi connectivity index (χ4v) is 2.65. The monoisotopic (exact) mass is 313 g/mol. The molecule has 0 saturated heterocycles. The first-order valence-electron chi connectivity index (χ1n) is 6.97. The van der Waals surface area contributed by atoms with Gasteiger partial charge in [-0.2, -0.15) is 11.3 Å². The van der Waals surface area contributed by atoms with E-state index in [-0.39, 0.29) is 12.3 Å². The first-order chi connectivity index (χ1) is 10.8. The zero-order chi connectivity index (χ0) is 15.2. The molecule has 3 aromatic rings. The summed E-state index contributed by atoms with van der Waals surface area (Å²) in [4.78, 5) is 11.9. The highest BCUT2D eigenvalue weighted by Crippen LogP contribution is 2.20. The molecule has 0 aliphatic rings. The number of benzene rings is 1. The zero-order valence-corrected chi connectivity index (χ0v) is 12.7. The number of aromatic nitrogens is 2. The lowest BCUT2D eigenvalue weighted by atomic mass is 10.1. The Morgan fingerprint density at radius 3 is 2.82 bits per heavy atom. The van der Waals surface area contributed by atoms with Crippen LogP contribution in [0, 0.1) is 0 Å². The molecular weight excluding hydrogens is 298 g/mol. The van der Waals surface area contributed by atoms with Gasteiger partial charge in [-0.3, -0.25) is 4.79 Å². The van der Waals surface area contributed by atoms with Gasteiger partial charge >= 0.3 is 0 Å². The van der Waals surface area contributed by atoms with E-state index in [1.807, 2.05) is 47.2 Å². The maximum atomic E-state index is 11.9. The molecule has 0 bridgehead atoms. The first kappa shape index (κ1) is 14.5. The Morgan fingerprint density at radius 2 is 2.05 bits per heavy atom. The third-order valence-electron chi connectivity index (χ3n) is 3.13. The zero-order valence-electron chi connectivity index (χ0n) is 11.9. The quantitative estimate of drug-likeness (QED) is 0.760. The lowest BCUT2D eigenvalue weighted by molar-refractivity contribution is -0.120. The third kappa shape index (κ3) is 3.79. The summed E-state index contributed by atoms with van der Waals surface area (Å²) in [7, 11) is 0. The van der Waals surface area contributed by atoms with E-state index in [0.29, 0.717) is 18.3 Å². The summed E-state index contributed by atoms with van der Waals surface area (Å²) in [5.74, 6) is 0.670. The molecule has 0 saturated carbocycles. The van der Waals surface area contributed by atoms with Gasteiger partial charge in [0.2, 0.25) is 17.7 Å². The largest absolute Gasteiger partial charge is 0.420 e. The summed E-state index contributed by atoms with van der Waals surface area (Å²) >= 11 is 1.56. The Hall–Kier alpha value is -2.47. The number of carbonyl (C=O) groups excluding carboxylic acids is 1. The summed E-state index contributed by atoms with van der Waals surface area (Å²) < 4.78 is 5.49. The highest BCUT2D eigenvalue weighted by molar-refractivity contribution is 7.08. The maximum absolute atomic E-state index is 11.9. The van der Waals surface area contributed by atoms with Crippen molar-refractivity contribution in [1.82, 2.24) is 15.5 Å². The van der Waals surface area contributed by atoms with Gasteiger partial charge in [-0.05, 0) is 23.4 Å². The molecule has 3 rings (SSSR count). The Balaban J connectivity index is 1.48. The SMILES string of the molecule is O=C(Cc1nnc(-c2ccsc2)o1)NCCc1ccccc1. The van der Waals surface area contributed by atoms with Gasteiger partial charge in [-0.25, -0.2) is 0 Å². The molecule has 0 spiro atoms. The minimum Gasteiger partial charge on any atom is -0.420 e. The second kappa shape index (κ2) is 7.00. The number of amides is 1. The van der Waals surface area contributed by atoms with Gasteiger partial charge in [0, 0.05) is 17.5 Å². The number of hydrogen-bond acceptors (Lipinski definition) is 5. The van der Waals surface area contributed by atoms with E-state index in [9.17, 15) is 4.79 Å². The van der Waals surface area contributed by atoms with E-state index in [0.717, 1.165) is 12.0 Å². The van der Waals surface area contributed by atoms with Crippen LogP contribution in [0.4, 0.5) is 0 Å². The maximum Gasteiger partial charge on any atom is 0.248 e. The molecule has 1 amide bonds. The summed E-state index contributed by atoms with van der Waals surface area (Å²) in [5.41, 5.74) is 2.08. The molecule has 5 nitrogen and oxygen atoms in total. The van der Waals surface area contributed by atoms with Gasteiger partial charge in [-0.15, -0.1) is 10.2 Å². The average molecular weight is 313 g/mol. The van der Waals surface area contributed by atoms with Crippen molar-refractivity contribution in [1.29, 1.82) is 0 Å². The Kier molecular flexibility index (Phi) is 4.60. The lowest BCUT2D eigenvalue weighted by Crippen LogP contribution is -2.27. The van der Waals surface area contributed by atoms with Crippen molar-refractivity contribution in [2.45, 2.75) is 12.8 Å². The summed E-state index contributed by atoms with van der Waals surface area (Å²) in [6.45, 7) is 0.592. The smallest absolute Gasteiger partial charge is 0.248 e. The van der Waals surface area contributed by atoms with E-state index in [4.69, 9.17) is 4.42 Å². The number of hydrogen-bond donors (Lipinski definition) is 1. The molecule has 112 valence electrons. The van der Waals surface area contributed by atoms with Crippen LogP contribution in [0.15, 0.2) is 51.6 Å². The Morgan fingerprint density at radius 1 is 1.18 bits per heavy atom. The standard InChI is InChI=1S/C16H15N3O2S/c20-14(17-8-6-12-4-2-1-3-5-12)10-15-18-19-16(21-15)13-7-9-22-11-13/h1-5,7,9,11H,6,8,10H2,(H,17,20). The highest BCUT2D eigenvalue weighted by atomic mass is 32.1. The predicted molar refractivity (Wildman–Crippen MR) is 84.5 cm³/mol.